The molecule has 0 saturated heterocycles. The summed E-state index contributed by atoms with van der Waals surface area (Å²) in [5.74, 6) is 0.743. The Balaban J connectivity index is 2.14. The lowest BCUT2D eigenvalue weighted by Crippen LogP contribution is -2.46. The van der Waals surface area contributed by atoms with Gasteiger partial charge in [-0.05, 0) is 43.9 Å². The Morgan fingerprint density at radius 3 is 2.58 bits per heavy atom. The predicted octanol–water partition coefficient (Wildman–Crippen LogP) is 3.35. The first-order chi connectivity index (χ1) is 9.26. The van der Waals surface area contributed by atoms with E-state index in [2.05, 4.69) is 19.2 Å². The van der Waals surface area contributed by atoms with Crippen molar-refractivity contribution in [2.24, 2.45) is 5.92 Å². The van der Waals surface area contributed by atoms with Crippen molar-refractivity contribution >= 4 is 10.8 Å². The minimum Gasteiger partial charge on any atom is -0.313 e. The third-order valence-electron chi connectivity index (χ3n) is 4.19. The summed E-state index contributed by atoms with van der Waals surface area (Å²) in [6.45, 7) is 5.35. The van der Waals surface area contributed by atoms with Crippen LogP contribution in [-0.2, 0) is 10.8 Å². The Labute approximate surface area is 119 Å². The molecule has 0 aromatic heterocycles. The second kappa shape index (κ2) is 7.20. The van der Waals surface area contributed by atoms with Gasteiger partial charge in [-0.3, -0.25) is 4.21 Å². The summed E-state index contributed by atoms with van der Waals surface area (Å²) in [7, 11) is -0.886. The van der Waals surface area contributed by atoms with Crippen LogP contribution in [0.4, 0.5) is 0 Å². The van der Waals surface area contributed by atoms with E-state index in [0.29, 0.717) is 6.04 Å². The highest BCUT2D eigenvalue weighted by molar-refractivity contribution is 7.85. The molecule has 1 aliphatic rings. The molecule has 2 nitrogen and oxygen atoms in total. The molecule has 0 amide bonds. The van der Waals surface area contributed by atoms with E-state index in [1.165, 1.54) is 12.8 Å². The van der Waals surface area contributed by atoms with Gasteiger partial charge in [0.25, 0.3) is 0 Å². The summed E-state index contributed by atoms with van der Waals surface area (Å²) in [5, 5.41) is 3.80. The van der Waals surface area contributed by atoms with Gasteiger partial charge in [-0.1, -0.05) is 38.5 Å². The topological polar surface area (TPSA) is 29.1 Å². The van der Waals surface area contributed by atoms with Crippen LogP contribution in [0.1, 0.15) is 39.5 Å². The van der Waals surface area contributed by atoms with Crippen molar-refractivity contribution in [2.75, 3.05) is 6.54 Å². The molecular formula is C16H25NOS. The van der Waals surface area contributed by atoms with Gasteiger partial charge in [-0.2, -0.15) is 0 Å². The van der Waals surface area contributed by atoms with Gasteiger partial charge >= 0.3 is 0 Å². The van der Waals surface area contributed by atoms with Crippen LogP contribution < -0.4 is 5.32 Å². The molecule has 3 heteroatoms. The SMILES string of the molecule is CCNC1CCC(CC)CC1S(=O)c1ccccc1. The smallest absolute Gasteiger partial charge is 0.0576 e. The highest BCUT2D eigenvalue weighted by Crippen LogP contribution is 2.32. The average molecular weight is 279 g/mol. The van der Waals surface area contributed by atoms with Crippen LogP contribution in [0.3, 0.4) is 0 Å². The van der Waals surface area contributed by atoms with E-state index in [1.54, 1.807) is 0 Å². The minimum absolute atomic E-state index is 0.265. The lowest BCUT2D eigenvalue weighted by molar-refractivity contribution is 0.294. The lowest BCUT2D eigenvalue weighted by atomic mass is 9.84. The maximum atomic E-state index is 12.8. The van der Waals surface area contributed by atoms with Gasteiger partial charge in [0.15, 0.2) is 0 Å². The Bertz CT molecular complexity index is 406. The van der Waals surface area contributed by atoms with E-state index in [0.717, 1.165) is 30.2 Å². The normalized spacial score (nSPS) is 29.1. The third-order valence-corrected chi connectivity index (χ3v) is 6.00. The van der Waals surface area contributed by atoms with Crippen molar-refractivity contribution < 1.29 is 4.21 Å². The third kappa shape index (κ3) is 3.67. The van der Waals surface area contributed by atoms with E-state index in [1.807, 2.05) is 30.3 Å². The number of rotatable bonds is 5. The Morgan fingerprint density at radius 2 is 1.95 bits per heavy atom. The summed E-state index contributed by atoms with van der Waals surface area (Å²) < 4.78 is 12.8. The van der Waals surface area contributed by atoms with Gasteiger partial charge in [0, 0.05) is 10.9 Å². The first-order valence-electron chi connectivity index (χ1n) is 7.45. The fourth-order valence-electron chi connectivity index (χ4n) is 3.04. The van der Waals surface area contributed by atoms with Crippen LogP contribution in [0.15, 0.2) is 35.2 Å². The predicted molar refractivity (Wildman–Crippen MR) is 81.7 cm³/mol. The first kappa shape index (κ1) is 14.7. The van der Waals surface area contributed by atoms with Crippen molar-refractivity contribution in [3.8, 4) is 0 Å². The summed E-state index contributed by atoms with van der Waals surface area (Å²) in [6.07, 6.45) is 4.74. The monoisotopic (exact) mass is 279 g/mol. The molecule has 1 aliphatic carbocycles. The summed E-state index contributed by atoms with van der Waals surface area (Å²) in [6, 6.07) is 10.3. The Morgan fingerprint density at radius 1 is 1.21 bits per heavy atom. The van der Waals surface area contributed by atoms with E-state index < -0.39 is 10.8 Å². The molecule has 1 fully saturated rings. The zero-order chi connectivity index (χ0) is 13.7. The highest BCUT2D eigenvalue weighted by Gasteiger charge is 2.33. The van der Waals surface area contributed by atoms with Crippen LogP contribution >= 0.6 is 0 Å². The number of hydrogen-bond acceptors (Lipinski definition) is 2. The molecule has 1 N–H and O–H groups in total. The minimum atomic E-state index is -0.886. The summed E-state index contributed by atoms with van der Waals surface area (Å²) in [4.78, 5) is 0.979. The van der Waals surface area contributed by atoms with Crippen LogP contribution in [0.5, 0.6) is 0 Å². The molecule has 0 aliphatic heterocycles. The molecule has 2 rings (SSSR count). The molecule has 19 heavy (non-hydrogen) atoms. The van der Waals surface area contributed by atoms with Gasteiger partial charge in [0.1, 0.15) is 0 Å². The van der Waals surface area contributed by atoms with Crippen molar-refractivity contribution in [3.05, 3.63) is 30.3 Å². The van der Waals surface area contributed by atoms with Crippen LogP contribution in [0, 0.1) is 5.92 Å². The molecule has 1 aromatic rings. The van der Waals surface area contributed by atoms with Gasteiger partial charge in [-0.15, -0.1) is 0 Å². The molecule has 4 unspecified atom stereocenters. The van der Waals surface area contributed by atoms with Crippen LogP contribution in [0.25, 0.3) is 0 Å². The highest BCUT2D eigenvalue weighted by atomic mass is 32.2. The van der Waals surface area contributed by atoms with Crippen molar-refractivity contribution in [1.82, 2.24) is 5.32 Å². The van der Waals surface area contributed by atoms with Gasteiger partial charge in [0.2, 0.25) is 0 Å². The van der Waals surface area contributed by atoms with Crippen molar-refractivity contribution in [3.63, 3.8) is 0 Å². The zero-order valence-corrected chi connectivity index (χ0v) is 12.8. The largest absolute Gasteiger partial charge is 0.313 e. The number of nitrogens with one attached hydrogen (secondary N) is 1. The van der Waals surface area contributed by atoms with Gasteiger partial charge < -0.3 is 5.32 Å². The molecule has 0 heterocycles. The lowest BCUT2D eigenvalue weighted by Gasteiger charge is -2.35. The van der Waals surface area contributed by atoms with E-state index in [-0.39, 0.29) is 5.25 Å². The van der Waals surface area contributed by atoms with Gasteiger partial charge in [-0.25, -0.2) is 0 Å². The second-order valence-corrected chi connectivity index (χ2v) is 7.07. The molecule has 4 atom stereocenters. The molecule has 0 bridgehead atoms. The van der Waals surface area contributed by atoms with Crippen LogP contribution in [-0.4, -0.2) is 22.0 Å². The Kier molecular flexibility index (Phi) is 5.59. The van der Waals surface area contributed by atoms with Crippen molar-refractivity contribution in [2.45, 2.75) is 55.7 Å². The quantitative estimate of drug-likeness (QED) is 0.895. The Hall–Kier alpha value is -0.670. The summed E-state index contributed by atoms with van der Waals surface area (Å²) >= 11 is 0. The fraction of sp³-hybridized carbons (Fsp3) is 0.625. The summed E-state index contributed by atoms with van der Waals surface area (Å²) in [5.41, 5.74) is 0. The van der Waals surface area contributed by atoms with E-state index >= 15 is 0 Å². The van der Waals surface area contributed by atoms with Crippen LogP contribution in [0.2, 0.25) is 0 Å². The number of hydrogen-bond donors (Lipinski definition) is 1. The molecular weight excluding hydrogens is 254 g/mol. The van der Waals surface area contributed by atoms with Gasteiger partial charge in [0.05, 0.1) is 16.0 Å². The number of benzene rings is 1. The average Bonchev–Trinajstić information content (AvgIpc) is 2.48. The maximum absolute atomic E-state index is 12.8. The molecule has 106 valence electrons. The zero-order valence-electron chi connectivity index (χ0n) is 12.0. The molecule has 1 saturated carbocycles. The maximum Gasteiger partial charge on any atom is 0.0576 e. The van der Waals surface area contributed by atoms with Crippen molar-refractivity contribution in [1.29, 1.82) is 0 Å². The molecule has 0 spiro atoms. The standard InChI is InChI=1S/C16H25NOS/c1-3-13-10-11-15(17-4-2)16(12-13)19(18)14-8-6-5-7-9-14/h5-9,13,15-17H,3-4,10-12H2,1-2H3. The molecule has 0 radical (unpaired) electrons. The first-order valence-corrected chi connectivity index (χ1v) is 8.66. The molecule has 1 aromatic carbocycles. The second-order valence-electron chi connectivity index (χ2n) is 5.40. The van der Waals surface area contributed by atoms with E-state index in [4.69, 9.17) is 0 Å². The fourth-order valence-corrected chi connectivity index (χ4v) is 4.80. The van der Waals surface area contributed by atoms with E-state index in [9.17, 15) is 4.21 Å².